The number of thiophene rings is 1. The van der Waals surface area contributed by atoms with Gasteiger partial charge in [0.2, 0.25) is 5.91 Å². The Bertz CT molecular complexity index is 937. The van der Waals surface area contributed by atoms with Gasteiger partial charge in [0.25, 0.3) is 0 Å². The fourth-order valence-corrected chi connectivity index (χ4v) is 5.77. The zero-order valence-corrected chi connectivity index (χ0v) is 18.2. The zero-order chi connectivity index (χ0) is 20.4. The zero-order valence-electron chi connectivity index (χ0n) is 16.6. The van der Waals surface area contributed by atoms with Gasteiger partial charge in [-0.1, -0.05) is 51.1 Å². The van der Waals surface area contributed by atoms with Crippen LogP contribution in [0.25, 0.3) is 6.08 Å². The first-order valence-electron chi connectivity index (χ1n) is 9.46. The summed E-state index contributed by atoms with van der Waals surface area (Å²) in [5, 5.41) is 1.97. The lowest BCUT2D eigenvalue weighted by Crippen LogP contribution is -2.39. The molecule has 0 radical (unpaired) electrons. The first-order valence-corrected chi connectivity index (χ1v) is 12.2. The highest BCUT2D eigenvalue weighted by molar-refractivity contribution is 7.91. The molecule has 0 aliphatic carbocycles. The van der Waals surface area contributed by atoms with Crippen LogP contribution >= 0.6 is 11.3 Å². The number of carbonyl (C=O) groups is 1. The molecule has 1 amide bonds. The van der Waals surface area contributed by atoms with Gasteiger partial charge in [0, 0.05) is 17.0 Å². The number of hydrogen-bond donors (Lipinski definition) is 0. The standard InChI is InChI=1S/C22H27NO3S2/c1-22(2,3)18-9-6-17(7-10-18)8-11-21(24)23(15-20-5-4-13-27-20)19-12-14-28(25,26)16-19/h4-11,13,19H,12,14-16H2,1-3H3/b11-8+. The summed E-state index contributed by atoms with van der Waals surface area (Å²) < 4.78 is 23.8. The smallest absolute Gasteiger partial charge is 0.247 e. The molecule has 1 fully saturated rings. The maximum absolute atomic E-state index is 12.9. The molecule has 1 aromatic heterocycles. The molecule has 2 heterocycles. The van der Waals surface area contributed by atoms with Gasteiger partial charge in [-0.3, -0.25) is 4.79 Å². The van der Waals surface area contributed by atoms with E-state index in [1.807, 2.05) is 29.6 Å². The molecule has 6 heteroatoms. The SMILES string of the molecule is CC(C)(C)c1ccc(/C=C/C(=O)N(Cc2cccs2)C2CCS(=O)(=O)C2)cc1. The molecule has 1 unspecified atom stereocenters. The number of rotatable bonds is 5. The highest BCUT2D eigenvalue weighted by Gasteiger charge is 2.34. The van der Waals surface area contributed by atoms with Crippen LogP contribution in [0.3, 0.4) is 0 Å². The lowest BCUT2D eigenvalue weighted by atomic mass is 9.87. The highest BCUT2D eigenvalue weighted by Crippen LogP contribution is 2.24. The van der Waals surface area contributed by atoms with Crippen molar-refractivity contribution < 1.29 is 13.2 Å². The fourth-order valence-electron chi connectivity index (χ4n) is 3.34. The molecule has 0 N–H and O–H groups in total. The molecule has 150 valence electrons. The van der Waals surface area contributed by atoms with E-state index < -0.39 is 9.84 Å². The van der Waals surface area contributed by atoms with Crippen LogP contribution in [0.4, 0.5) is 0 Å². The Morgan fingerprint density at radius 3 is 2.46 bits per heavy atom. The molecule has 3 rings (SSSR count). The third-order valence-corrected chi connectivity index (χ3v) is 7.65. The third-order valence-electron chi connectivity index (χ3n) is 5.03. The fraction of sp³-hybridized carbons (Fsp3) is 0.409. The average Bonchev–Trinajstić information content (AvgIpc) is 3.26. The van der Waals surface area contributed by atoms with E-state index in [0.717, 1.165) is 10.4 Å². The topological polar surface area (TPSA) is 54.5 Å². The third kappa shape index (κ3) is 5.32. The van der Waals surface area contributed by atoms with Crippen molar-refractivity contribution in [3.05, 3.63) is 63.9 Å². The van der Waals surface area contributed by atoms with Gasteiger partial charge in [0.15, 0.2) is 9.84 Å². The Kier molecular flexibility index (Phi) is 6.10. The Morgan fingerprint density at radius 2 is 1.93 bits per heavy atom. The summed E-state index contributed by atoms with van der Waals surface area (Å²) in [5.41, 5.74) is 2.28. The lowest BCUT2D eigenvalue weighted by molar-refractivity contribution is -0.128. The Labute approximate surface area is 171 Å². The first kappa shape index (κ1) is 20.8. The van der Waals surface area contributed by atoms with E-state index in [4.69, 9.17) is 0 Å². The Morgan fingerprint density at radius 1 is 1.21 bits per heavy atom. The number of benzene rings is 1. The van der Waals surface area contributed by atoms with Crippen molar-refractivity contribution in [2.75, 3.05) is 11.5 Å². The second kappa shape index (κ2) is 8.21. The van der Waals surface area contributed by atoms with Crippen LogP contribution in [-0.4, -0.2) is 36.8 Å². The van der Waals surface area contributed by atoms with Crippen LogP contribution < -0.4 is 0 Å². The van der Waals surface area contributed by atoms with Crippen molar-refractivity contribution in [2.24, 2.45) is 0 Å². The molecule has 0 spiro atoms. The maximum Gasteiger partial charge on any atom is 0.247 e. The maximum atomic E-state index is 12.9. The predicted molar refractivity (Wildman–Crippen MR) is 116 cm³/mol. The van der Waals surface area contributed by atoms with E-state index in [2.05, 4.69) is 32.9 Å². The molecule has 28 heavy (non-hydrogen) atoms. The Balaban J connectivity index is 1.76. The second-order valence-corrected chi connectivity index (χ2v) is 11.6. The molecule has 0 saturated carbocycles. The predicted octanol–water partition coefficient (Wildman–Crippen LogP) is 4.27. The van der Waals surface area contributed by atoms with Crippen molar-refractivity contribution >= 4 is 33.2 Å². The first-order chi connectivity index (χ1) is 13.1. The van der Waals surface area contributed by atoms with Crippen molar-refractivity contribution in [2.45, 2.75) is 45.2 Å². The number of nitrogens with zero attached hydrogens (tertiary/aromatic N) is 1. The summed E-state index contributed by atoms with van der Waals surface area (Å²) in [5.74, 6) is 0.0673. The normalized spacial score (nSPS) is 19.2. The average molecular weight is 418 g/mol. The molecule has 1 saturated heterocycles. The number of hydrogen-bond acceptors (Lipinski definition) is 4. The summed E-state index contributed by atoms with van der Waals surface area (Å²) in [6, 6.07) is 11.8. The largest absolute Gasteiger partial charge is 0.330 e. The van der Waals surface area contributed by atoms with Crippen molar-refractivity contribution in [1.29, 1.82) is 0 Å². The van der Waals surface area contributed by atoms with E-state index in [-0.39, 0.29) is 28.9 Å². The van der Waals surface area contributed by atoms with E-state index in [1.54, 1.807) is 28.4 Å². The van der Waals surface area contributed by atoms with E-state index in [0.29, 0.717) is 13.0 Å². The van der Waals surface area contributed by atoms with Crippen molar-refractivity contribution in [3.63, 3.8) is 0 Å². The van der Waals surface area contributed by atoms with Gasteiger partial charge >= 0.3 is 0 Å². The number of carbonyl (C=O) groups excluding carboxylic acids is 1. The summed E-state index contributed by atoms with van der Waals surface area (Å²) in [7, 11) is -3.05. The molecule has 1 aliphatic heterocycles. The summed E-state index contributed by atoms with van der Waals surface area (Å²) in [6.45, 7) is 6.95. The minimum Gasteiger partial charge on any atom is -0.330 e. The molecule has 2 aromatic rings. The van der Waals surface area contributed by atoms with Crippen molar-refractivity contribution in [1.82, 2.24) is 4.90 Å². The molecular formula is C22H27NO3S2. The second-order valence-electron chi connectivity index (χ2n) is 8.31. The van der Waals surface area contributed by atoms with E-state index >= 15 is 0 Å². The van der Waals surface area contributed by atoms with Gasteiger partial charge in [-0.15, -0.1) is 11.3 Å². The van der Waals surface area contributed by atoms with Gasteiger partial charge < -0.3 is 4.90 Å². The number of amides is 1. The van der Waals surface area contributed by atoms with Gasteiger partial charge in [-0.2, -0.15) is 0 Å². The molecule has 0 bridgehead atoms. The van der Waals surface area contributed by atoms with Crippen LogP contribution in [0.1, 0.15) is 43.2 Å². The summed E-state index contributed by atoms with van der Waals surface area (Å²) >= 11 is 1.58. The minimum absolute atomic E-state index is 0.0538. The van der Waals surface area contributed by atoms with Crippen LogP contribution in [0, 0.1) is 0 Å². The highest BCUT2D eigenvalue weighted by atomic mass is 32.2. The van der Waals surface area contributed by atoms with Gasteiger partial charge in [0.1, 0.15) is 0 Å². The summed E-state index contributed by atoms with van der Waals surface area (Å²) in [4.78, 5) is 15.7. The van der Waals surface area contributed by atoms with Gasteiger partial charge in [-0.05, 0) is 40.5 Å². The van der Waals surface area contributed by atoms with Crippen LogP contribution in [-0.2, 0) is 26.6 Å². The quantitative estimate of drug-likeness (QED) is 0.683. The minimum atomic E-state index is -3.05. The molecule has 4 nitrogen and oxygen atoms in total. The molecule has 1 aliphatic rings. The molecule has 1 aromatic carbocycles. The lowest BCUT2D eigenvalue weighted by Gasteiger charge is -2.26. The van der Waals surface area contributed by atoms with E-state index in [9.17, 15) is 13.2 Å². The number of sulfone groups is 1. The summed E-state index contributed by atoms with van der Waals surface area (Å²) in [6.07, 6.45) is 3.87. The van der Waals surface area contributed by atoms with Crippen LogP contribution in [0.15, 0.2) is 47.9 Å². The van der Waals surface area contributed by atoms with Crippen LogP contribution in [0.2, 0.25) is 0 Å². The van der Waals surface area contributed by atoms with Gasteiger partial charge in [-0.25, -0.2) is 8.42 Å². The van der Waals surface area contributed by atoms with E-state index in [1.165, 1.54) is 5.56 Å². The van der Waals surface area contributed by atoms with Crippen LogP contribution in [0.5, 0.6) is 0 Å². The Hall–Kier alpha value is -1.92. The monoisotopic (exact) mass is 417 g/mol. The molecule has 1 atom stereocenters. The van der Waals surface area contributed by atoms with Gasteiger partial charge in [0.05, 0.1) is 18.1 Å². The van der Waals surface area contributed by atoms with Crippen molar-refractivity contribution in [3.8, 4) is 0 Å². The molecular weight excluding hydrogens is 390 g/mol.